The van der Waals surface area contributed by atoms with Gasteiger partial charge in [-0.25, -0.2) is 0 Å². The van der Waals surface area contributed by atoms with E-state index >= 15 is 0 Å². The molecule has 1 heterocycles. The first-order valence-electron chi connectivity index (χ1n) is 8.68. The van der Waals surface area contributed by atoms with Gasteiger partial charge in [-0.15, -0.1) is 0 Å². The molecule has 3 atom stereocenters. The van der Waals surface area contributed by atoms with Crippen LogP contribution in [0, 0.1) is 11.8 Å². The third-order valence-electron chi connectivity index (χ3n) is 4.88. The molecule has 126 valence electrons. The van der Waals surface area contributed by atoms with Crippen LogP contribution in [0.5, 0.6) is 0 Å². The SMILES string of the molecule is CCC(OC1CCCCC1)C(=O)N1CC(C)CC(C(=O)O)C1. The van der Waals surface area contributed by atoms with Crippen LogP contribution in [0.1, 0.15) is 58.8 Å². The summed E-state index contributed by atoms with van der Waals surface area (Å²) in [5.41, 5.74) is 0. The fourth-order valence-corrected chi connectivity index (χ4v) is 3.68. The van der Waals surface area contributed by atoms with E-state index in [0.29, 0.717) is 25.9 Å². The van der Waals surface area contributed by atoms with Gasteiger partial charge in [0.05, 0.1) is 12.0 Å². The third kappa shape index (κ3) is 4.45. The van der Waals surface area contributed by atoms with E-state index < -0.39 is 18.0 Å². The van der Waals surface area contributed by atoms with Crippen molar-refractivity contribution in [2.24, 2.45) is 11.8 Å². The van der Waals surface area contributed by atoms with Crippen molar-refractivity contribution in [2.75, 3.05) is 13.1 Å². The summed E-state index contributed by atoms with van der Waals surface area (Å²) in [5.74, 6) is -1.04. The lowest BCUT2D eigenvalue weighted by atomic mass is 9.90. The van der Waals surface area contributed by atoms with Crippen molar-refractivity contribution < 1.29 is 19.4 Å². The lowest BCUT2D eigenvalue weighted by molar-refractivity contribution is -0.155. The largest absolute Gasteiger partial charge is 0.481 e. The van der Waals surface area contributed by atoms with Gasteiger partial charge in [0, 0.05) is 13.1 Å². The van der Waals surface area contributed by atoms with E-state index in [1.54, 1.807) is 4.90 Å². The van der Waals surface area contributed by atoms with Gasteiger partial charge in [0.25, 0.3) is 5.91 Å². The second-order valence-corrected chi connectivity index (χ2v) is 6.91. The average molecular weight is 311 g/mol. The first-order valence-corrected chi connectivity index (χ1v) is 8.68. The van der Waals surface area contributed by atoms with E-state index in [1.807, 2.05) is 13.8 Å². The molecular formula is C17H29NO4. The van der Waals surface area contributed by atoms with Gasteiger partial charge >= 0.3 is 5.97 Å². The van der Waals surface area contributed by atoms with Gasteiger partial charge in [0.2, 0.25) is 0 Å². The van der Waals surface area contributed by atoms with E-state index in [-0.39, 0.29) is 17.9 Å². The minimum atomic E-state index is -0.800. The van der Waals surface area contributed by atoms with Crippen molar-refractivity contribution in [2.45, 2.75) is 71.0 Å². The highest BCUT2D eigenvalue weighted by Gasteiger charge is 2.35. The number of carbonyl (C=O) groups excluding carboxylic acids is 1. The normalized spacial score (nSPS) is 28.4. The summed E-state index contributed by atoms with van der Waals surface area (Å²) in [7, 11) is 0. The van der Waals surface area contributed by atoms with Gasteiger partial charge < -0.3 is 14.7 Å². The predicted molar refractivity (Wildman–Crippen MR) is 83.5 cm³/mol. The van der Waals surface area contributed by atoms with Crippen LogP contribution in [-0.4, -0.2) is 47.2 Å². The molecule has 2 fully saturated rings. The fraction of sp³-hybridized carbons (Fsp3) is 0.882. The Labute approximate surface area is 133 Å². The molecule has 1 aliphatic heterocycles. The molecule has 0 bridgehead atoms. The number of nitrogens with zero attached hydrogens (tertiary/aromatic N) is 1. The Morgan fingerprint density at radius 3 is 2.50 bits per heavy atom. The number of rotatable bonds is 5. The van der Waals surface area contributed by atoms with Crippen molar-refractivity contribution >= 4 is 11.9 Å². The number of hydrogen-bond acceptors (Lipinski definition) is 3. The van der Waals surface area contributed by atoms with Crippen LogP contribution >= 0.6 is 0 Å². The highest BCUT2D eigenvalue weighted by atomic mass is 16.5. The molecule has 1 saturated carbocycles. The highest BCUT2D eigenvalue weighted by molar-refractivity contribution is 5.82. The standard InChI is InChI=1S/C17H29NO4/c1-3-15(22-14-7-5-4-6-8-14)16(19)18-10-12(2)9-13(11-18)17(20)21/h12-15H,3-11H2,1-2H3,(H,20,21). The Morgan fingerprint density at radius 1 is 1.23 bits per heavy atom. The van der Waals surface area contributed by atoms with Crippen molar-refractivity contribution in [1.82, 2.24) is 4.90 Å². The third-order valence-corrected chi connectivity index (χ3v) is 4.88. The number of carboxylic acid groups (broad SMARTS) is 1. The molecule has 1 amide bonds. The smallest absolute Gasteiger partial charge is 0.308 e. The lowest BCUT2D eigenvalue weighted by Crippen LogP contribution is -2.50. The van der Waals surface area contributed by atoms with Crippen LogP contribution in [-0.2, 0) is 14.3 Å². The number of piperidine rings is 1. The second kappa shape index (κ2) is 7.95. The molecule has 5 nitrogen and oxygen atoms in total. The lowest BCUT2D eigenvalue weighted by Gasteiger charge is -2.37. The topological polar surface area (TPSA) is 66.8 Å². The predicted octanol–water partition coefficient (Wildman–Crippen LogP) is 2.68. The highest BCUT2D eigenvalue weighted by Crippen LogP contribution is 2.26. The minimum absolute atomic E-state index is 0.0223. The quantitative estimate of drug-likeness (QED) is 0.847. The zero-order valence-corrected chi connectivity index (χ0v) is 13.8. The molecule has 0 radical (unpaired) electrons. The zero-order valence-electron chi connectivity index (χ0n) is 13.8. The second-order valence-electron chi connectivity index (χ2n) is 6.91. The summed E-state index contributed by atoms with van der Waals surface area (Å²) in [4.78, 5) is 25.7. The number of carbonyl (C=O) groups is 2. The molecule has 0 aromatic rings. The molecule has 2 aliphatic rings. The maximum atomic E-state index is 12.7. The van der Waals surface area contributed by atoms with Gasteiger partial charge in [0.1, 0.15) is 6.10 Å². The van der Waals surface area contributed by atoms with Gasteiger partial charge in [0.15, 0.2) is 0 Å². The number of aliphatic carboxylic acids is 1. The molecule has 2 rings (SSSR count). The fourth-order valence-electron chi connectivity index (χ4n) is 3.68. The summed E-state index contributed by atoms with van der Waals surface area (Å²) >= 11 is 0. The summed E-state index contributed by atoms with van der Waals surface area (Å²) in [5, 5.41) is 9.24. The van der Waals surface area contributed by atoms with Gasteiger partial charge in [-0.1, -0.05) is 33.1 Å². The van der Waals surface area contributed by atoms with Crippen molar-refractivity contribution in [3.05, 3.63) is 0 Å². The first-order chi connectivity index (χ1) is 10.5. The molecule has 1 N–H and O–H groups in total. The van der Waals surface area contributed by atoms with Crippen molar-refractivity contribution in [1.29, 1.82) is 0 Å². The van der Waals surface area contributed by atoms with Gasteiger partial charge in [-0.05, 0) is 31.6 Å². The van der Waals surface area contributed by atoms with Crippen LogP contribution in [0.3, 0.4) is 0 Å². The Balaban J connectivity index is 1.95. The van der Waals surface area contributed by atoms with Gasteiger partial charge in [-0.2, -0.15) is 0 Å². The molecule has 22 heavy (non-hydrogen) atoms. The van der Waals surface area contributed by atoms with Crippen LogP contribution < -0.4 is 0 Å². The van der Waals surface area contributed by atoms with Crippen LogP contribution in [0.15, 0.2) is 0 Å². The van der Waals surface area contributed by atoms with Crippen LogP contribution in [0.4, 0.5) is 0 Å². The average Bonchev–Trinajstić information content (AvgIpc) is 2.52. The molecule has 5 heteroatoms. The molecule has 1 aliphatic carbocycles. The van der Waals surface area contributed by atoms with Crippen molar-refractivity contribution in [3.63, 3.8) is 0 Å². The number of carboxylic acids is 1. The molecule has 1 saturated heterocycles. The Kier molecular flexibility index (Phi) is 6.24. The van der Waals surface area contributed by atoms with E-state index in [0.717, 1.165) is 12.8 Å². The zero-order chi connectivity index (χ0) is 16.1. The monoisotopic (exact) mass is 311 g/mol. The van der Waals surface area contributed by atoms with Gasteiger partial charge in [-0.3, -0.25) is 9.59 Å². The maximum Gasteiger partial charge on any atom is 0.308 e. The Bertz CT molecular complexity index is 392. The molecule has 3 unspecified atom stereocenters. The summed E-state index contributed by atoms with van der Waals surface area (Å²) in [6.07, 6.45) is 6.78. The molecule has 0 spiro atoms. The first kappa shape index (κ1) is 17.3. The maximum absolute atomic E-state index is 12.7. The van der Waals surface area contributed by atoms with Crippen LogP contribution in [0.2, 0.25) is 0 Å². The number of ether oxygens (including phenoxy) is 1. The number of amides is 1. The number of likely N-dealkylation sites (tertiary alicyclic amines) is 1. The summed E-state index contributed by atoms with van der Waals surface area (Å²) < 4.78 is 6.05. The van der Waals surface area contributed by atoms with E-state index in [2.05, 4.69) is 0 Å². The molecule has 0 aromatic heterocycles. The Hall–Kier alpha value is -1.10. The summed E-state index contributed by atoms with van der Waals surface area (Å²) in [6.45, 7) is 4.95. The van der Waals surface area contributed by atoms with Crippen LogP contribution in [0.25, 0.3) is 0 Å². The number of hydrogen-bond donors (Lipinski definition) is 1. The Morgan fingerprint density at radius 2 is 1.91 bits per heavy atom. The van der Waals surface area contributed by atoms with E-state index in [1.165, 1.54) is 19.3 Å². The van der Waals surface area contributed by atoms with E-state index in [4.69, 9.17) is 4.74 Å². The minimum Gasteiger partial charge on any atom is -0.481 e. The molecule has 0 aromatic carbocycles. The van der Waals surface area contributed by atoms with E-state index in [9.17, 15) is 14.7 Å². The summed E-state index contributed by atoms with van der Waals surface area (Å²) in [6, 6.07) is 0. The molecular weight excluding hydrogens is 282 g/mol. The van der Waals surface area contributed by atoms with Crippen molar-refractivity contribution in [3.8, 4) is 0 Å².